The minimum Gasteiger partial charge on any atom is -0.478 e. The molecule has 2 heteroatoms. The topological polar surface area (TPSA) is 37.3 Å². The van der Waals surface area contributed by atoms with Gasteiger partial charge in [-0.2, -0.15) is 0 Å². The third-order valence-electron chi connectivity index (χ3n) is 3.42. The lowest BCUT2D eigenvalue weighted by atomic mass is 9.83. The van der Waals surface area contributed by atoms with Gasteiger partial charge in [-0.1, -0.05) is 25.3 Å². The Balaban J connectivity index is 2.28. The summed E-state index contributed by atoms with van der Waals surface area (Å²) in [6, 6.07) is 5.74. The molecule has 0 unspecified atom stereocenters. The third kappa shape index (κ3) is 2.43. The number of aromatic carboxylic acids is 1. The molecule has 0 saturated heterocycles. The second kappa shape index (κ2) is 4.69. The standard InChI is InChI=1S/C14H18O2/c1-10-7-12(9-13(8-10)14(15)16)11-5-3-2-4-6-11/h7-9,11H,2-6H2,1H3,(H,15,16). The van der Waals surface area contributed by atoms with Gasteiger partial charge in [-0.05, 0) is 48.9 Å². The van der Waals surface area contributed by atoms with E-state index in [9.17, 15) is 4.79 Å². The fourth-order valence-corrected chi connectivity index (χ4v) is 2.61. The maximum atomic E-state index is 11.0. The van der Waals surface area contributed by atoms with Gasteiger partial charge in [0.25, 0.3) is 0 Å². The monoisotopic (exact) mass is 218 g/mol. The van der Waals surface area contributed by atoms with Crippen LogP contribution >= 0.6 is 0 Å². The number of rotatable bonds is 2. The fraction of sp³-hybridized carbons (Fsp3) is 0.500. The van der Waals surface area contributed by atoms with Gasteiger partial charge in [-0.25, -0.2) is 4.79 Å². The number of hydrogen-bond acceptors (Lipinski definition) is 1. The van der Waals surface area contributed by atoms with Gasteiger partial charge in [-0.3, -0.25) is 0 Å². The van der Waals surface area contributed by atoms with Crippen LogP contribution in [-0.4, -0.2) is 11.1 Å². The predicted molar refractivity (Wildman–Crippen MR) is 64.0 cm³/mol. The van der Waals surface area contributed by atoms with Crippen LogP contribution in [0.5, 0.6) is 0 Å². The molecule has 16 heavy (non-hydrogen) atoms. The Labute approximate surface area is 96.3 Å². The van der Waals surface area contributed by atoms with Crippen LogP contribution in [0.2, 0.25) is 0 Å². The lowest BCUT2D eigenvalue weighted by molar-refractivity contribution is 0.0696. The van der Waals surface area contributed by atoms with Crippen molar-refractivity contribution in [2.75, 3.05) is 0 Å². The number of carboxylic acid groups (broad SMARTS) is 1. The first-order chi connectivity index (χ1) is 7.66. The molecule has 2 nitrogen and oxygen atoms in total. The molecule has 0 heterocycles. The molecule has 1 saturated carbocycles. The van der Waals surface area contributed by atoms with Crippen LogP contribution in [-0.2, 0) is 0 Å². The van der Waals surface area contributed by atoms with Crippen LogP contribution < -0.4 is 0 Å². The van der Waals surface area contributed by atoms with Crippen molar-refractivity contribution >= 4 is 5.97 Å². The van der Waals surface area contributed by atoms with E-state index in [-0.39, 0.29) is 0 Å². The lowest BCUT2D eigenvalue weighted by Gasteiger charge is -2.22. The molecule has 2 rings (SSSR count). The molecular formula is C14H18O2. The van der Waals surface area contributed by atoms with Gasteiger partial charge in [0.15, 0.2) is 0 Å². The van der Waals surface area contributed by atoms with Gasteiger partial charge in [0, 0.05) is 0 Å². The Hall–Kier alpha value is -1.31. The summed E-state index contributed by atoms with van der Waals surface area (Å²) < 4.78 is 0. The number of benzene rings is 1. The van der Waals surface area contributed by atoms with Crippen molar-refractivity contribution in [3.63, 3.8) is 0 Å². The van der Waals surface area contributed by atoms with E-state index in [2.05, 4.69) is 6.07 Å². The first-order valence-electron chi connectivity index (χ1n) is 6.01. The van der Waals surface area contributed by atoms with E-state index in [4.69, 9.17) is 5.11 Å². The summed E-state index contributed by atoms with van der Waals surface area (Å²) in [4.78, 5) is 11.0. The molecule has 1 aliphatic carbocycles. The minimum atomic E-state index is -0.819. The minimum absolute atomic E-state index is 0.431. The highest BCUT2D eigenvalue weighted by atomic mass is 16.4. The highest BCUT2D eigenvalue weighted by Gasteiger charge is 2.17. The second-order valence-corrected chi connectivity index (χ2v) is 4.77. The zero-order chi connectivity index (χ0) is 11.5. The van der Waals surface area contributed by atoms with Crippen molar-refractivity contribution in [2.45, 2.75) is 44.9 Å². The predicted octanol–water partition coefficient (Wildman–Crippen LogP) is 3.74. The molecule has 0 amide bonds. The molecule has 1 N–H and O–H groups in total. The Morgan fingerprint density at radius 3 is 2.50 bits per heavy atom. The van der Waals surface area contributed by atoms with E-state index in [0.717, 1.165) is 5.56 Å². The van der Waals surface area contributed by atoms with Crippen LogP contribution in [0.25, 0.3) is 0 Å². The maximum Gasteiger partial charge on any atom is 0.335 e. The Morgan fingerprint density at radius 2 is 1.88 bits per heavy atom. The fourth-order valence-electron chi connectivity index (χ4n) is 2.61. The van der Waals surface area contributed by atoms with Crippen LogP contribution in [0.15, 0.2) is 18.2 Å². The molecule has 0 bridgehead atoms. The molecule has 0 radical (unpaired) electrons. The summed E-state index contributed by atoms with van der Waals surface area (Å²) >= 11 is 0. The summed E-state index contributed by atoms with van der Waals surface area (Å²) in [5.41, 5.74) is 2.71. The van der Waals surface area contributed by atoms with E-state index in [1.165, 1.54) is 37.7 Å². The van der Waals surface area contributed by atoms with E-state index in [1.54, 1.807) is 6.07 Å². The van der Waals surface area contributed by atoms with Crippen molar-refractivity contribution in [1.82, 2.24) is 0 Å². The van der Waals surface area contributed by atoms with Crippen molar-refractivity contribution < 1.29 is 9.90 Å². The van der Waals surface area contributed by atoms with Crippen molar-refractivity contribution in [1.29, 1.82) is 0 Å². The highest BCUT2D eigenvalue weighted by Crippen LogP contribution is 2.33. The first-order valence-corrected chi connectivity index (χ1v) is 6.01. The lowest BCUT2D eigenvalue weighted by Crippen LogP contribution is -2.07. The van der Waals surface area contributed by atoms with E-state index >= 15 is 0 Å². The van der Waals surface area contributed by atoms with Gasteiger partial charge >= 0.3 is 5.97 Å². The first kappa shape index (κ1) is 11.2. The van der Waals surface area contributed by atoms with Crippen LogP contribution in [0.3, 0.4) is 0 Å². The summed E-state index contributed by atoms with van der Waals surface area (Å²) in [5.74, 6) is -0.243. The number of carboxylic acids is 1. The summed E-state index contributed by atoms with van der Waals surface area (Å²) in [6.07, 6.45) is 6.31. The van der Waals surface area contributed by atoms with Crippen molar-refractivity contribution in [2.24, 2.45) is 0 Å². The highest BCUT2D eigenvalue weighted by molar-refractivity contribution is 5.88. The average molecular weight is 218 g/mol. The molecule has 1 aliphatic rings. The number of carbonyl (C=O) groups is 1. The third-order valence-corrected chi connectivity index (χ3v) is 3.42. The van der Waals surface area contributed by atoms with E-state index < -0.39 is 5.97 Å². The van der Waals surface area contributed by atoms with E-state index in [0.29, 0.717) is 11.5 Å². The van der Waals surface area contributed by atoms with Gasteiger partial charge in [0.1, 0.15) is 0 Å². The molecule has 0 spiro atoms. The largest absolute Gasteiger partial charge is 0.478 e. The Morgan fingerprint density at radius 1 is 1.19 bits per heavy atom. The Kier molecular flexibility index (Phi) is 3.28. The Bertz CT molecular complexity index is 390. The molecule has 1 aromatic rings. The maximum absolute atomic E-state index is 11.0. The van der Waals surface area contributed by atoms with E-state index in [1.807, 2.05) is 13.0 Å². The van der Waals surface area contributed by atoms with Crippen molar-refractivity contribution in [3.05, 3.63) is 34.9 Å². The molecule has 1 fully saturated rings. The molecule has 0 aromatic heterocycles. The average Bonchev–Trinajstić information content (AvgIpc) is 2.29. The van der Waals surface area contributed by atoms with Crippen LogP contribution in [0.1, 0.15) is 59.5 Å². The number of aryl methyl sites for hydroxylation is 1. The van der Waals surface area contributed by atoms with Gasteiger partial charge < -0.3 is 5.11 Å². The normalized spacial score (nSPS) is 17.3. The molecule has 1 aromatic carbocycles. The molecule has 0 aliphatic heterocycles. The summed E-state index contributed by atoms with van der Waals surface area (Å²) in [7, 11) is 0. The summed E-state index contributed by atoms with van der Waals surface area (Å²) in [5, 5.41) is 9.03. The zero-order valence-electron chi connectivity index (χ0n) is 9.70. The van der Waals surface area contributed by atoms with Crippen molar-refractivity contribution in [3.8, 4) is 0 Å². The molecule has 86 valence electrons. The SMILES string of the molecule is Cc1cc(C(=O)O)cc(C2CCCCC2)c1. The number of hydrogen-bond donors (Lipinski definition) is 1. The van der Waals surface area contributed by atoms with Crippen LogP contribution in [0, 0.1) is 6.92 Å². The summed E-state index contributed by atoms with van der Waals surface area (Å²) in [6.45, 7) is 1.97. The second-order valence-electron chi connectivity index (χ2n) is 4.77. The van der Waals surface area contributed by atoms with Gasteiger partial charge in [-0.15, -0.1) is 0 Å². The quantitative estimate of drug-likeness (QED) is 0.821. The smallest absolute Gasteiger partial charge is 0.335 e. The van der Waals surface area contributed by atoms with Gasteiger partial charge in [0.05, 0.1) is 5.56 Å². The van der Waals surface area contributed by atoms with Gasteiger partial charge in [0.2, 0.25) is 0 Å². The van der Waals surface area contributed by atoms with Crippen LogP contribution in [0.4, 0.5) is 0 Å². The zero-order valence-corrected chi connectivity index (χ0v) is 9.70. The molecular weight excluding hydrogens is 200 g/mol. The molecule has 0 atom stereocenters.